The highest BCUT2D eigenvalue weighted by Crippen LogP contribution is 2.14. The SMILES string of the molecule is CCC(C)(C)NC(=O)c1ccc(NC(=O)c2ccc(N)cc2)cc1.Cl. The molecule has 0 radical (unpaired) electrons. The zero-order chi connectivity index (χ0) is 17.7. The summed E-state index contributed by atoms with van der Waals surface area (Å²) in [6.45, 7) is 5.98. The molecule has 0 unspecified atom stereocenters. The second kappa shape index (κ2) is 8.53. The topological polar surface area (TPSA) is 84.2 Å². The number of nitrogens with one attached hydrogen (secondary N) is 2. The smallest absolute Gasteiger partial charge is 0.255 e. The molecular weight excluding hydrogens is 338 g/mol. The fourth-order valence-electron chi connectivity index (χ4n) is 2.01. The van der Waals surface area contributed by atoms with Gasteiger partial charge in [-0.25, -0.2) is 0 Å². The minimum Gasteiger partial charge on any atom is -0.399 e. The van der Waals surface area contributed by atoms with Gasteiger partial charge in [-0.05, 0) is 68.8 Å². The van der Waals surface area contributed by atoms with Crippen LogP contribution in [0.25, 0.3) is 0 Å². The van der Waals surface area contributed by atoms with Gasteiger partial charge in [0.1, 0.15) is 0 Å². The zero-order valence-electron chi connectivity index (χ0n) is 14.6. The highest BCUT2D eigenvalue weighted by atomic mass is 35.5. The third-order valence-corrected chi connectivity index (χ3v) is 3.91. The lowest BCUT2D eigenvalue weighted by atomic mass is 10.0. The predicted molar refractivity (Wildman–Crippen MR) is 104 cm³/mol. The van der Waals surface area contributed by atoms with Crippen molar-refractivity contribution in [2.24, 2.45) is 0 Å². The number of carbonyl (C=O) groups is 2. The van der Waals surface area contributed by atoms with E-state index in [1.165, 1.54) is 0 Å². The Balaban J connectivity index is 0.00000312. The van der Waals surface area contributed by atoms with Crippen LogP contribution in [0.2, 0.25) is 0 Å². The number of rotatable bonds is 5. The van der Waals surface area contributed by atoms with Crippen molar-refractivity contribution in [3.63, 3.8) is 0 Å². The maximum absolute atomic E-state index is 12.2. The number of hydrogen-bond acceptors (Lipinski definition) is 3. The van der Waals surface area contributed by atoms with Gasteiger partial charge in [0.15, 0.2) is 0 Å². The number of carbonyl (C=O) groups excluding carboxylic acids is 2. The quantitative estimate of drug-likeness (QED) is 0.707. The maximum atomic E-state index is 12.2. The molecule has 6 heteroatoms. The largest absolute Gasteiger partial charge is 0.399 e. The van der Waals surface area contributed by atoms with Crippen molar-refractivity contribution in [1.29, 1.82) is 0 Å². The number of halogens is 1. The van der Waals surface area contributed by atoms with E-state index in [1.807, 2.05) is 20.8 Å². The predicted octanol–water partition coefficient (Wildman–Crippen LogP) is 3.86. The zero-order valence-corrected chi connectivity index (χ0v) is 15.4. The van der Waals surface area contributed by atoms with Crippen LogP contribution in [0.1, 0.15) is 47.9 Å². The molecule has 0 aromatic heterocycles. The molecular formula is C19H24ClN3O2. The lowest BCUT2D eigenvalue weighted by Crippen LogP contribution is -2.42. The highest BCUT2D eigenvalue weighted by Gasteiger charge is 2.18. The first kappa shape index (κ1) is 20.5. The van der Waals surface area contributed by atoms with E-state index in [0.29, 0.717) is 22.5 Å². The summed E-state index contributed by atoms with van der Waals surface area (Å²) in [6, 6.07) is 13.5. The molecule has 0 saturated carbocycles. The van der Waals surface area contributed by atoms with Crippen LogP contribution in [0.5, 0.6) is 0 Å². The van der Waals surface area contributed by atoms with Gasteiger partial charge in [-0.2, -0.15) is 0 Å². The molecule has 134 valence electrons. The molecule has 0 bridgehead atoms. The first-order chi connectivity index (χ1) is 11.3. The van der Waals surface area contributed by atoms with Crippen LogP contribution in [0.3, 0.4) is 0 Å². The second-order valence-corrected chi connectivity index (χ2v) is 6.35. The van der Waals surface area contributed by atoms with E-state index in [-0.39, 0.29) is 29.8 Å². The van der Waals surface area contributed by atoms with E-state index in [4.69, 9.17) is 5.73 Å². The number of amides is 2. The number of anilines is 2. The molecule has 4 N–H and O–H groups in total. The van der Waals surface area contributed by atoms with Crippen molar-refractivity contribution in [2.75, 3.05) is 11.1 Å². The van der Waals surface area contributed by atoms with E-state index in [2.05, 4.69) is 10.6 Å². The molecule has 2 amide bonds. The van der Waals surface area contributed by atoms with Gasteiger partial charge in [-0.1, -0.05) is 6.92 Å². The van der Waals surface area contributed by atoms with Gasteiger partial charge in [-0.15, -0.1) is 12.4 Å². The average Bonchev–Trinajstić information content (AvgIpc) is 2.55. The fourth-order valence-corrected chi connectivity index (χ4v) is 2.01. The van der Waals surface area contributed by atoms with Crippen molar-refractivity contribution in [3.8, 4) is 0 Å². The van der Waals surface area contributed by atoms with Crippen LogP contribution in [0, 0.1) is 0 Å². The first-order valence-corrected chi connectivity index (χ1v) is 7.90. The number of nitrogen functional groups attached to an aromatic ring is 1. The number of hydrogen-bond donors (Lipinski definition) is 3. The Morgan fingerprint density at radius 1 is 0.920 bits per heavy atom. The van der Waals surface area contributed by atoms with Gasteiger partial charge >= 0.3 is 0 Å². The van der Waals surface area contributed by atoms with Crippen LogP contribution < -0.4 is 16.4 Å². The van der Waals surface area contributed by atoms with E-state index < -0.39 is 0 Å². The molecule has 2 aromatic carbocycles. The van der Waals surface area contributed by atoms with Crippen LogP contribution in [-0.2, 0) is 0 Å². The van der Waals surface area contributed by atoms with Gasteiger partial charge in [0, 0.05) is 28.0 Å². The van der Waals surface area contributed by atoms with Gasteiger partial charge in [0.25, 0.3) is 11.8 Å². The van der Waals surface area contributed by atoms with Crippen molar-refractivity contribution in [1.82, 2.24) is 5.32 Å². The summed E-state index contributed by atoms with van der Waals surface area (Å²) in [5, 5.41) is 5.77. The number of nitrogens with two attached hydrogens (primary N) is 1. The molecule has 0 aliphatic heterocycles. The lowest BCUT2D eigenvalue weighted by molar-refractivity contribution is 0.0911. The van der Waals surface area contributed by atoms with Gasteiger partial charge in [0.05, 0.1) is 0 Å². The summed E-state index contributed by atoms with van der Waals surface area (Å²) in [5.41, 5.74) is 7.68. The molecule has 2 rings (SSSR count). The van der Waals surface area contributed by atoms with Gasteiger partial charge in [0.2, 0.25) is 0 Å². The Bertz CT molecular complexity index is 725. The lowest BCUT2D eigenvalue weighted by Gasteiger charge is -2.24. The Morgan fingerprint density at radius 2 is 1.40 bits per heavy atom. The van der Waals surface area contributed by atoms with Crippen molar-refractivity contribution < 1.29 is 9.59 Å². The van der Waals surface area contributed by atoms with Crippen molar-refractivity contribution >= 4 is 35.6 Å². The summed E-state index contributed by atoms with van der Waals surface area (Å²) >= 11 is 0. The molecule has 0 spiro atoms. The van der Waals surface area contributed by atoms with Crippen LogP contribution in [0.15, 0.2) is 48.5 Å². The Hall–Kier alpha value is -2.53. The van der Waals surface area contributed by atoms with Gasteiger partial charge < -0.3 is 16.4 Å². The third kappa shape index (κ3) is 5.80. The molecule has 2 aromatic rings. The Morgan fingerprint density at radius 3 is 1.92 bits per heavy atom. The van der Waals surface area contributed by atoms with Gasteiger partial charge in [-0.3, -0.25) is 9.59 Å². The Kier molecular flexibility index (Phi) is 7.00. The molecule has 0 aliphatic rings. The molecule has 25 heavy (non-hydrogen) atoms. The van der Waals surface area contributed by atoms with E-state index in [9.17, 15) is 9.59 Å². The Labute approximate surface area is 154 Å². The number of benzene rings is 2. The maximum Gasteiger partial charge on any atom is 0.255 e. The minimum atomic E-state index is -0.251. The second-order valence-electron chi connectivity index (χ2n) is 6.35. The highest BCUT2D eigenvalue weighted by molar-refractivity contribution is 6.04. The summed E-state index contributed by atoms with van der Waals surface area (Å²) < 4.78 is 0. The van der Waals surface area contributed by atoms with E-state index in [1.54, 1.807) is 48.5 Å². The third-order valence-electron chi connectivity index (χ3n) is 3.91. The standard InChI is InChI=1S/C19H23N3O2.ClH/c1-4-19(2,3)22-18(24)14-7-11-16(12-8-14)21-17(23)13-5-9-15(20)10-6-13;/h5-12H,4,20H2,1-3H3,(H,21,23)(H,22,24);1H. The molecule has 5 nitrogen and oxygen atoms in total. The summed E-state index contributed by atoms with van der Waals surface area (Å²) in [6.07, 6.45) is 0.842. The average molecular weight is 362 g/mol. The van der Waals surface area contributed by atoms with Crippen molar-refractivity contribution in [2.45, 2.75) is 32.7 Å². The minimum absolute atomic E-state index is 0. The van der Waals surface area contributed by atoms with E-state index >= 15 is 0 Å². The monoisotopic (exact) mass is 361 g/mol. The van der Waals surface area contributed by atoms with Crippen molar-refractivity contribution in [3.05, 3.63) is 59.7 Å². The molecule has 0 heterocycles. The fraction of sp³-hybridized carbons (Fsp3) is 0.263. The molecule has 0 atom stereocenters. The first-order valence-electron chi connectivity index (χ1n) is 7.90. The molecule has 0 fully saturated rings. The van der Waals surface area contributed by atoms with Crippen LogP contribution in [0.4, 0.5) is 11.4 Å². The molecule has 0 saturated heterocycles. The molecule has 0 aliphatic carbocycles. The van der Waals surface area contributed by atoms with E-state index in [0.717, 1.165) is 6.42 Å². The summed E-state index contributed by atoms with van der Waals surface area (Å²) in [7, 11) is 0. The summed E-state index contributed by atoms with van der Waals surface area (Å²) in [5.74, 6) is -0.349. The van der Waals surface area contributed by atoms with Crippen LogP contribution >= 0.6 is 12.4 Å². The normalized spacial score (nSPS) is 10.5. The summed E-state index contributed by atoms with van der Waals surface area (Å²) in [4.78, 5) is 24.3. The van der Waals surface area contributed by atoms with Crippen LogP contribution in [-0.4, -0.2) is 17.4 Å².